The summed E-state index contributed by atoms with van der Waals surface area (Å²) >= 11 is 0. The molecule has 1 heterocycles. The first-order chi connectivity index (χ1) is 13.6. The zero-order valence-corrected chi connectivity index (χ0v) is 14.7. The van der Waals surface area contributed by atoms with Gasteiger partial charge in [0, 0.05) is 24.9 Å². The van der Waals surface area contributed by atoms with Crippen LogP contribution in [0.3, 0.4) is 0 Å². The lowest BCUT2D eigenvalue weighted by Gasteiger charge is -2.33. The SMILES string of the molecule is CNC(=O)c1ccc(Oc2ccc(C(F)(F)C(F)(F)C(F)(F)C(F)(F)F)cc2)nc1. The van der Waals surface area contributed by atoms with Crippen LogP contribution in [0.25, 0.3) is 0 Å². The zero-order chi connectivity index (χ0) is 23.0. The van der Waals surface area contributed by atoms with Crippen LogP contribution < -0.4 is 10.1 Å². The highest BCUT2D eigenvalue weighted by Crippen LogP contribution is 2.56. The molecule has 0 unspecified atom stereocenters. The minimum Gasteiger partial charge on any atom is -0.439 e. The molecular formula is C17H11F9N2O2. The number of amides is 1. The van der Waals surface area contributed by atoms with Gasteiger partial charge < -0.3 is 10.1 Å². The van der Waals surface area contributed by atoms with Crippen molar-refractivity contribution in [1.82, 2.24) is 10.3 Å². The van der Waals surface area contributed by atoms with E-state index in [1.807, 2.05) is 0 Å². The number of hydrogen-bond donors (Lipinski definition) is 1. The highest BCUT2D eigenvalue weighted by molar-refractivity contribution is 5.93. The van der Waals surface area contributed by atoms with Crippen molar-refractivity contribution in [3.05, 3.63) is 53.7 Å². The van der Waals surface area contributed by atoms with E-state index >= 15 is 0 Å². The first kappa shape index (κ1) is 23.3. The molecule has 0 fully saturated rings. The van der Waals surface area contributed by atoms with E-state index in [-0.39, 0.29) is 29.3 Å². The van der Waals surface area contributed by atoms with Gasteiger partial charge in [0.1, 0.15) is 5.75 Å². The Hall–Kier alpha value is -2.99. The van der Waals surface area contributed by atoms with Gasteiger partial charge in [0.25, 0.3) is 5.91 Å². The van der Waals surface area contributed by atoms with Gasteiger partial charge in [0.2, 0.25) is 5.88 Å². The van der Waals surface area contributed by atoms with Crippen molar-refractivity contribution in [2.45, 2.75) is 23.9 Å². The number of pyridine rings is 1. The van der Waals surface area contributed by atoms with Crippen LogP contribution in [0.4, 0.5) is 39.5 Å². The third-order valence-electron chi connectivity index (χ3n) is 3.81. The van der Waals surface area contributed by atoms with Gasteiger partial charge in [-0.25, -0.2) is 4.98 Å². The molecule has 1 aromatic heterocycles. The second-order valence-electron chi connectivity index (χ2n) is 5.81. The third kappa shape index (κ3) is 4.00. The molecule has 0 saturated carbocycles. The normalized spacial score (nSPS) is 13.1. The van der Waals surface area contributed by atoms with E-state index < -0.39 is 35.4 Å². The number of aromatic nitrogens is 1. The number of hydrogen-bond acceptors (Lipinski definition) is 3. The van der Waals surface area contributed by atoms with E-state index in [9.17, 15) is 44.3 Å². The molecular weight excluding hydrogens is 435 g/mol. The fourth-order valence-electron chi connectivity index (χ4n) is 2.13. The first-order valence-corrected chi connectivity index (χ1v) is 7.82. The lowest BCUT2D eigenvalue weighted by Crippen LogP contribution is -2.59. The van der Waals surface area contributed by atoms with Crippen molar-refractivity contribution in [2.75, 3.05) is 7.05 Å². The standard InChI is InChI=1S/C17H11F9N2O2/c1-27-13(29)9-2-7-12(28-8-9)30-11-5-3-10(4-6-11)14(18,19)15(20,21)16(22,23)17(24,25)26/h2-8H,1H3,(H,27,29). The maximum atomic E-state index is 13.9. The van der Waals surface area contributed by atoms with Crippen LogP contribution in [-0.2, 0) is 5.92 Å². The lowest BCUT2D eigenvalue weighted by molar-refractivity contribution is -0.399. The van der Waals surface area contributed by atoms with E-state index in [1.165, 1.54) is 19.2 Å². The summed E-state index contributed by atoms with van der Waals surface area (Å²) in [6.07, 6.45) is -5.79. The number of carbonyl (C=O) groups excluding carboxylic acids is 1. The van der Waals surface area contributed by atoms with Crippen molar-refractivity contribution >= 4 is 5.91 Å². The molecule has 164 valence electrons. The minimum absolute atomic E-state index is 0.143. The Labute approximate surface area is 162 Å². The Morgan fingerprint density at radius 1 is 0.867 bits per heavy atom. The summed E-state index contributed by atoms with van der Waals surface area (Å²) in [6.45, 7) is 0. The van der Waals surface area contributed by atoms with Crippen LogP contribution >= 0.6 is 0 Å². The predicted octanol–water partition coefficient (Wildman–Crippen LogP) is 5.16. The summed E-state index contributed by atoms with van der Waals surface area (Å²) in [7, 11) is 1.37. The quantitative estimate of drug-likeness (QED) is 0.624. The van der Waals surface area contributed by atoms with Crippen molar-refractivity contribution in [2.24, 2.45) is 0 Å². The van der Waals surface area contributed by atoms with Crippen molar-refractivity contribution in [3.8, 4) is 11.6 Å². The number of alkyl halides is 9. The number of halogens is 9. The van der Waals surface area contributed by atoms with Crippen LogP contribution in [0.15, 0.2) is 42.6 Å². The molecule has 0 aliphatic carbocycles. The molecule has 2 aromatic rings. The number of carbonyl (C=O) groups is 1. The number of nitrogens with zero attached hydrogens (tertiary/aromatic N) is 1. The maximum Gasteiger partial charge on any atom is 0.460 e. The molecule has 0 aliphatic rings. The molecule has 0 bridgehead atoms. The van der Waals surface area contributed by atoms with Crippen molar-refractivity contribution < 1.29 is 49.0 Å². The molecule has 0 saturated heterocycles. The Morgan fingerprint density at radius 3 is 1.87 bits per heavy atom. The molecule has 30 heavy (non-hydrogen) atoms. The first-order valence-electron chi connectivity index (χ1n) is 7.82. The molecule has 0 atom stereocenters. The van der Waals surface area contributed by atoms with Gasteiger partial charge in [-0.05, 0) is 30.3 Å². The van der Waals surface area contributed by atoms with Crippen LogP contribution in [0, 0.1) is 0 Å². The number of rotatable bonds is 6. The summed E-state index contributed by atoms with van der Waals surface area (Å²) in [5.74, 6) is -20.4. The van der Waals surface area contributed by atoms with Gasteiger partial charge in [0.15, 0.2) is 0 Å². The molecule has 0 spiro atoms. The van der Waals surface area contributed by atoms with E-state index in [4.69, 9.17) is 4.74 Å². The predicted molar refractivity (Wildman–Crippen MR) is 84.0 cm³/mol. The average Bonchev–Trinajstić information content (AvgIpc) is 2.67. The van der Waals surface area contributed by atoms with Gasteiger partial charge in [-0.3, -0.25) is 4.79 Å². The smallest absolute Gasteiger partial charge is 0.439 e. The number of benzene rings is 1. The molecule has 1 N–H and O–H groups in total. The molecule has 0 aliphatic heterocycles. The van der Waals surface area contributed by atoms with E-state index in [0.717, 1.165) is 6.20 Å². The fraction of sp³-hybridized carbons (Fsp3) is 0.294. The largest absolute Gasteiger partial charge is 0.460 e. The Kier molecular flexibility index (Phi) is 5.97. The molecule has 1 amide bonds. The van der Waals surface area contributed by atoms with E-state index in [0.29, 0.717) is 12.1 Å². The summed E-state index contributed by atoms with van der Waals surface area (Å²) in [6, 6.07) is 4.25. The van der Waals surface area contributed by atoms with Crippen LogP contribution in [-0.4, -0.2) is 36.0 Å². The number of ether oxygens (including phenoxy) is 1. The monoisotopic (exact) mass is 446 g/mol. The van der Waals surface area contributed by atoms with Crippen molar-refractivity contribution in [1.29, 1.82) is 0 Å². The van der Waals surface area contributed by atoms with Crippen LogP contribution in [0.2, 0.25) is 0 Å². The molecule has 0 radical (unpaired) electrons. The highest BCUT2D eigenvalue weighted by atomic mass is 19.4. The van der Waals surface area contributed by atoms with Crippen LogP contribution in [0.5, 0.6) is 11.6 Å². The van der Waals surface area contributed by atoms with Crippen molar-refractivity contribution in [3.63, 3.8) is 0 Å². The lowest BCUT2D eigenvalue weighted by atomic mass is 9.97. The van der Waals surface area contributed by atoms with Gasteiger partial charge in [-0.2, -0.15) is 39.5 Å². The second-order valence-corrected chi connectivity index (χ2v) is 5.81. The van der Waals surface area contributed by atoms with Gasteiger partial charge in [0.05, 0.1) is 5.56 Å². The van der Waals surface area contributed by atoms with E-state index in [1.54, 1.807) is 0 Å². The molecule has 2 rings (SSSR count). The summed E-state index contributed by atoms with van der Waals surface area (Å²) in [4.78, 5) is 15.1. The molecule has 4 nitrogen and oxygen atoms in total. The summed E-state index contributed by atoms with van der Waals surface area (Å²) in [5, 5.41) is 2.33. The molecule has 13 heteroatoms. The highest BCUT2D eigenvalue weighted by Gasteiger charge is 2.81. The number of nitrogens with one attached hydrogen (secondary N) is 1. The summed E-state index contributed by atoms with van der Waals surface area (Å²) < 4.78 is 122. The summed E-state index contributed by atoms with van der Waals surface area (Å²) in [5.41, 5.74) is -1.63. The Morgan fingerprint density at radius 2 is 1.43 bits per heavy atom. The second kappa shape index (κ2) is 7.69. The van der Waals surface area contributed by atoms with E-state index in [2.05, 4.69) is 10.3 Å². The fourth-order valence-corrected chi connectivity index (χ4v) is 2.13. The average molecular weight is 446 g/mol. The van der Waals surface area contributed by atoms with Gasteiger partial charge in [-0.15, -0.1) is 0 Å². The van der Waals surface area contributed by atoms with Gasteiger partial charge >= 0.3 is 23.9 Å². The Balaban J connectivity index is 2.25. The van der Waals surface area contributed by atoms with Crippen LogP contribution in [0.1, 0.15) is 15.9 Å². The zero-order valence-electron chi connectivity index (χ0n) is 14.7. The third-order valence-corrected chi connectivity index (χ3v) is 3.81. The maximum absolute atomic E-state index is 13.9. The molecule has 1 aromatic carbocycles. The topological polar surface area (TPSA) is 51.2 Å². The minimum atomic E-state index is -6.98. The van der Waals surface area contributed by atoms with Gasteiger partial charge in [-0.1, -0.05) is 0 Å². The Bertz CT molecular complexity index is 895.